The number of hydrogen-bond donors (Lipinski definition) is 3. The Morgan fingerprint density at radius 1 is 1.16 bits per heavy atom. The van der Waals surface area contributed by atoms with Gasteiger partial charge in [0, 0.05) is 11.4 Å². The Morgan fingerprint density at radius 3 is 2.56 bits per heavy atom. The molecular weight excluding hydrogens is 334 g/mol. The van der Waals surface area contributed by atoms with E-state index >= 15 is 0 Å². The molecule has 0 bridgehead atoms. The molecule has 25 heavy (non-hydrogen) atoms. The van der Waals surface area contributed by atoms with Crippen molar-refractivity contribution >= 4 is 23.3 Å². The van der Waals surface area contributed by atoms with Crippen molar-refractivity contribution in [3.05, 3.63) is 57.8 Å². The van der Waals surface area contributed by atoms with Crippen LogP contribution in [0.2, 0.25) is 0 Å². The molecule has 5 nitrogen and oxygen atoms in total. The summed E-state index contributed by atoms with van der Waals surface area (Å²) in [5.41, 5.74) is 2.28. The van der Waals surface area contributed by atoms with Crippen LogP contribution in [-0.4, -0.2) is 25.0 Å². The van der Waals surface area contributed by atoms with Crippen molar-refractivity contribution < 1.29 is 9.59 Å². The number of imide groups is 1. The summed E-state index contributed by atoms with van der Waals surface area (Å²) in [6, 6.07) is 11.7. The largest absolute Gasteiger partial charge is 0.338 e. The molecule has 6 heteroatoms. The summed E-state index contributed by atoms with van der Waals surface area (Å²) in [4.78, 5) is 24.8. The minimum Gasteiger partial charge on any atom is -0.338 e. The molecule has 0 spiro atoms. The number of hydrogen-bond acceptors (Lipinski definition) is 4. The number of carbonyl (C=O) groups is 2. The normalized spacial score (nSPS) is 11.8. The van der Waals surface area contributed by atoms with E-state index < -0.39 is 6.03 Å². The van der Waals surface area contributed by atoms with E-state index in [0.29, 0.717) is 6.54 Å². The zero-order valence-electron chi connectivity index (χ0n) is 14.7. The van der Waals surface area contributed by atoms with Gasteiger partial charge in [-0.1, -0.05) is 49.2 Å². The predicted molar refractivity (Wildman–Crippen MR) is 102 cm³/mol. The number of rotatable bonds is 8. The van der Waals surface area contributed by atoms with Crippen molar-refractivity contribution in [2.45, 2.75) is 32.7 Å². The highest BCUT2D eigenvalue weighted by Crippen LogP contribution is 2.26. The summed E-state index contributed by atoms with van der Waals surface area (Å²) in [5, 5.41) is 10.3. The van der Waals surface area contributed by atoms with Gasteiger partial charge in [0.15, 0.2) is 0 Å². The lowest BCUT2D eigenvalue weighted by Crippen LogP contribution is -2.44. The van der Waals surface area contributed by atoms with Crippen molar-refractivity contribution in [3.8, 4) is 0 Å². The van der Waals surface area contributed by atoms with Crippen LogP contribution in [0.15, 0.2) is 41.8 Å². The smallest absolute Gasteiger partial charge is 0.321 e. The molecule has 2 rings (SSSR count). The van der Waals surface area contributed by atoms with Gasteiger partial charge in [-0.2, -0.15) is 0 Å². The number of urea groups is 1. The fourth-order valence-corrected chi connectivity index (χ4v) is 3.21. The second-order valence-electron chi connectivity index (χ2n) is 5.90. The third kappa shape index (κ3) is 6.32. The number of amides is 3. The maximum atomic E-state index is 12.0. The Labute approximate surface area is 152 Å². The molecule has 0 aliphatic rings. The number of benzene rings is 1. The van der Waals surface area contributed by atoms with Gasteiger partial charge in [0.05, 0.1) is 12.6 Å². The van der Waals surface area contributed by atoms with Crippen LogP contribution < -0.4 is 16.0 Å². The number of nitrogens with one attached hydrogen (secondary N) is 3. The zero-order chi connectivity index (χ0) is 18.1. The molecule has 0 unspecified atom stereocenters. The highest BCUT2D eigenvalue weighted by atomic mass is 32.1. The summed E-state index contributed by atoms with van der Waals surface area (Å²) in [7, 11) is 0. The van der Waals surface area contributed by atoms with Crippen LogP contribution in [0.4, 0.5) is 4.79 Å². The Kier molecular flexibility index (Phi) is 7.63. The maximum absolute atomic E-state index is 12.0. The quantitative estimate of drug-likeness (QED) is 0.633. The first-order valence-electron chi connectivity index (χ1n) is 8.51. The Bertz CT molecular complexity index is 668. The predicted octanol–water partition coefficient (Wildman–Crippen LogP) is 3.36. The fraction of sp³-hybridized carbons (Fsp3) is 0.368. The molecule has 0 fully saturated rings. The zero-order valence-corrected chi connectivity index (χ0v) is 15.5. The summed E-state index contributed by atoms with van der Waals surface area (Å²) in [6.07, 6.45) is 1.89. The van der Waals surface area contributed by atoms with Crippen molar-refractivity contribution in [2.75, 3.05) is 13.1 Å². The van der Waals surface area contributed by atoms with Crippen molar-refractivity contribution in [3.63, 3.8) is 0 Å². The SMILES string of the molecule is CCCCNC(=O)NC(=O)CN[C@@H](c1ccc(C)cc1)c1cccs1. The summed E-state index contributed by atoms with van der Waals surface area (Å²) in [6.45, 7) is 4.73. The van der Waals surface area contributed by atoms with E-state index in [9.17, 15) is 9.59 Å². The third-order valence-electron chi connectivity index (χ3n) is 3.77. The molecule has 3 amide bonds. The molecule has 0 saturated heterocycles. The van der Waals surface area contributed by atoms with Gasteiger partial charge >= 0.3 is 6.03 Å². The monoisotopic (exact) mass is 359 g/mol. The van der Waals surface area contributed by atoms with Crippen molar-refractivity contribution in [1.82, 2.24) is 16.0 Å². The highest BCUT2D eigenvalue weighted by Gasteiger charge is 2.16. The second kappa shape index (κ2) is 9.96. The summed E-state index contributed by atoms with van der Waals surface area (Å²) >= 11 is 1.64. The molecule has 1 aromatic carbocycles. The highest BCUT2D eigenvalue weighted by molar-refractivity contribution is 7.10. The Morgan fingerprint density at radius 2 is 1.92 bits per heavy atom. The van der Waals surface area contributed by atoms with Crippen LogP contribution in [0.1, 0.15) is 41.8 Å². The first-order chi connectivity index (χ1) is 12.1. The van der Waals surface area contributed by atoms with E-state index in [-0.39, 0.29) is 18.5 Å². The molecule has 0 aliphatic heterocycles. The maximum Gasteiger partial charge on any atom is 0.321 e. The van der Waals surface area contributed by atoms with Crippen molar-refractivity contribution in [2.24, 2.45) is 0 Å². The molecule has 134 valence electrons. The van der Waals surface area contributed by atoms with E-state index in [2.05, 4.69) is 40.2 Å². The average Bonchev–Trinajstić information content (AvgIpc) is 3.11. The van der Waals surface area contributed by atoms with E-state index in [1.54, 1.807) is 11.3 Å². The molecule has 1 aromatic heterocycles. The fourth-order valence-electron chi connectivity index (χ4n) is 2.39. The number of aryl methyl sites for hydroxylation is 1. The van der Waals surface area contributed by atoms with Gasteiger partial charge in [-0.05, 0) is 30.4 Å². The summed E-state index contributed by atoms with van der Waals surface area (Å²) in [5.74, 6) is -0.345. The minimum absolute atomic E-state index is 0.0671. The van der Waals surface area contributed by atoms with Gasteiger partial charge < -0.3 is 5.32 Å². The number of thiophene rings is 1. The first kappa shape index (κ1) is 19.1. The standard InChI is InChI=1S/C19H25N3O2S/c1-3-4-11-20-19(24)22-17(23)13-21-18(16-6-5-12-25-16)15-9-7-14(2)8-10-15/h5-10,12,18,21H,3-4,11,13H2,1-2H3,(H2,20,22,23,24)/t18-/m0/s1. The summed E-state index contributed by atoms with van der Waals surface area (Å²) < 4.78 is 0. The van der Waals surface area contributed by atoms with Gasteiger partial charge in [0.1, 0.15) is 0 Å². The molecule has 1 heterocycles. The first-order valence-corrected chi connectivity index (χ1v) is 9.39. The van der Waals surface area contributed by atoms with E-state index in [1.807, 2.05) is 31.4 Å². The lowest BCUT2D eigenvalue weighted by molar-refractivity contribution is -0.119. The lowest BCUT2D eigenvalue weighted by atomic mass is 10.0. The topological polar surface area (TPSA) is 70.2 Å². The number of unbranched alkanes of at least 4 members (excludes halogenated alkanes) is 1. The van der Waals surface area contributed by atoms with Gasteiger partial charge in [-0.25, -0.2) is 4.79 Å². The Hall–Kier alpha value is -2.18. The molecule has 3 N–H and O–H groups in total. The van der Waals surface area contributed by atoms with Gasteiger partial charge in [0.25, 0.3) is 0 Å². The van der Waals surface area contributed by atoms with Crippen LogP contribution in [0.3, 0.4) is 0 Å². The van der Waals surface area contributed by atoms with Gasteiger partial charge in [0.2, 0.25) is 5.91 Å². The van der Waals surface area contributed by atoms with Gasteiger partial charge in [-0.15, -0.1) is 11.3 Å². The lowest BCUT2D eigenvalue weighted by Gasteiger charge is -2.18. The Balaban J connectivity index is 1.93. The van der Waals surface area contributed by atoms with Crippen LogP contribution in [-0.2, 0) is 4.79 Å². The van der Waals surface area contributed by atoms with Crippen LogP contribution in [0.5, 0.6) is 0 Å². The molecular formula is C19H25N3O2S. The molecule has 1 atom stereocenters. The van der Waals surface area contributed by atoms with Crippen LogP contribution in [0, 0.1) is 6.92 Å². The van der Waals surface area contributed by atoms with E-state index in [1.165, 1.54) is 5.56 Å². The number of carbonyl (C=O) groups excluding carboxylic acids is 2. The van der Waals surface area contributed by atoms with Gasteiger partial charge in [-0.3, -0.25) is 15.4 Å². The minimum atomic E-state index is -0.441. The van der Waals surface area contributed by atoms with E-state index in [0.717, 1.165) is 23.3 Å². The molecule has 2 aromatic rings. The average molecular weight is 359 g/mol. The molecule has 0 aliphatic carbocycles. The second-order valence-corrected chi connectivity index (χ2v) is 6.88. The van der Waals surface area contributed by atoms with Crippen LogP contribution in [0.25, 0.3) is 0 Å². The van der Waals surface area contributed by atoms with E-state index in [4.69, 9.17) is 0 Å². The molecule has 0 radical (unpaired) electrons. The molecule has 0 saturated carbocycles. The van der Waals surface area contributed by atoms with Crippen LogP contribution >= 0.6 is 11.3 Å². The van der Waals surface area contributed by atoms with Crippen molar-refractivity contribution in [1.29, 1.82) is 0 Å². The third-order valence-corrected chi connectivity index (χ3v) is 4.71.